The summed E-state index contributed by atoms with van der Waals surface area (Å²) in [6, 6.07) is 5.12. The van der Waals surface area contributed by atoms with Gasteiger partial charge in [0.2, 0.25) is 5.91 Å². The zero-order chi connectivity index (χ0) is 21.1. The van der Waals surface area contributed by atoms with Gasteiger partial charge in [-0.1, -0.05) is 30.8 Å². The van der Waals surface area contributed by atoms with Crippen LogP contribution in [0.15, 0.2) is 40.5 Å². The van der Waals surface area contributed by atoms with Crippen LogP contribution in [0.2, 0.25) is 0 Å². The number of nitrogens with zero attached hydrogens (tertiary/aromatic N) is 3. The zero-order valence-corrected chi connectivity index (χ0v) is 17.1. The minimum absolute atomic E-state index is 0.0204. The summed E-state index contributed by atoms with van der Waals surface area (Å²) in [6.07, 6.45) is 0.579. The molecule has 0 radical (unpaired) electrons. The topological polar surface area (TPSA) is 111 Å². The molecule has 1 aromatic carbocycles. The number of carbonyl (C=O) groups is 2. The summed E-state index contributed by atoms with van der Waals surface area (Å²) in [7, 11) is 1.48. The van der Waals surface area contributed by atoms with Crippen molar-refractivity contribution in [2.45, 2.75) is 31.6 Å². The molecule has 1 amide bonds. The predicted molar refractivity (Wildman–Crippen MR) is 107 cm³/mol. The molecule has 3 rings (SSSR count). The Balaban J connectivity index is 2.13. The predicted octanol–water partition coefficient (Wildman–Crippen LogP) is 2.82. The molecule has 154 valence electrons. The summed E-state index contributed by atoms with van der Waals surface area (Å²) in [5.41, 5.74) is 0.559. The maximum atomic E-state index is 13.0. The van der Waals surface area contributed by atoms with Crippen molar-refractivity contribution in [2.75, 3.05) is 20.3 Å². The summed E-state index contributed by atoms with van der Waals surface area (Å²) in [6.45, 7) is 3.75. The van der Waals surface area contributed by atoms with Crippen LogP contribution in [0.5, 0.6) is 0 Å². The van der Waals surface area contributed by atoms with E-state index >= 15 is 0 Å². The van der Waals surface area contributed by atoms with Gasteiger partial charge in [0.15, 0.2) is 5.17 Å². The van der Waals surface area contributed by atoms with Crippen LogP contribution in [0.3, 0.4) is 0 Å². The molecule has 1 saturated heterocycles. The van der Waals surface area contributed by atoms with E-state index in [-0.39, 0.29) is 41.2 Å². The Hall–Kier alpha value is -2.72. The van der Waals surface area contributed by atoms with Crippen molar-refractivity contribution in [1.29, 1.82) is 0 Å². The standard InChI is InChI=1S/C19H21N3O6S/c1-4-14-17(23)21-16(12-7-5-6-8-13(12)22(25)26)15(11(2)20-19(21)29-14)18(24)28-10-9-27-3/h5-8,14,16H,4,9-10H2,1-3H3. The number of amides is 1. The van der Waals surface area contributed by atoms with Crippen molar-refractivity contribution in [1.82, 2.24) is 4.90 Å². The van der Waals surface area contributed by atoms with Gasteiger partial charge in [-0.25, -0.2) is 9.79 Å². The highest BCUT2D eigenvalue weighted by Crippen LogP contribution is 2.45. The first-order valence-corrected chi connectivity index (χ1v) is 9.97. The first-order valence-electron chi connectivity index (χ1n) is 9.09. The van der Waals surface area contributed by atoms with E-state index in [0.29, 0.717) is 17.3 Å². The molecule has 1 aromatic rings. The number of rotatable bonds is 7. The number of nitro groups is 1. The number of carbonyl (C=O) groups excluding carboxylic acids is 2. The number of benzene rings is 1. The van der Waals surface area contributed by atoms with Gasteiger partial charge in [0.05, 0.1) is 33.6 Å². The molecular formula is C19H21N3O6S. The largest absolute Gasteiger partial charge is 0.460 e. The lowest BCUT2D eigenvalue weighted by atomic mass is 9.93. The Morgan fingerprint density at radius 3 is 2.72 bits per heavy atom. The van der Waals surface area contributed by atoms with Crippen molar-refractivity contribution in [3.8, 4) is 0 Å². The number of fused-ring (bicyclic) bond motifs is 1. The van der Waals surface area contributed by atoms with E-state index in [1.54, 1.807) is 25.1 Å². The van der Waals surface area contributed by atoms with E-state index < -0.39 is 16.9 Å². The maximum Gasteiger partial charge on any atom is 0.338 e. The van der Waals surface area contributed by atoms with Gasteiger partial charge in [-0.2, -0.15) is 0 Å². The molecule has 0 aliphatic carbocycles. The summed E-state index contributed by atoms with van der Waals surface area (Å²) in [4.78, 5) is 42.9. The fourth-order valence-electron chi connectivity index (χ4n) is 3.32. The van der Waals surface area contributed by atoms with Crippen molar-refractivity contribution in [3.05, 3.63) is 51.2 Å². The smallest absolute Gasteiger partial charge is 0.338 e. The second-order valence-electron chi connectivity index (χ2n) is 6.46. The van der Waals surface area contributed by atoms with Crippen LogP contribution in [0, 0.1) is 10.1 Å². The van der Waals surface area contributed by atoms with Gasteiger partial charge in [0.1, 0.15) is 12.6 Å². The van der Waals surface area contributed by atoms with Crippen LogP contribution in [0.25, 0.3) is 0 Å². The Labute approximate surface area is 171 Å². The second kappa shape index (κ2) is 8.75. The number of hydrogen-bond donors (Lipinski definition) is 0. The molecular weight excluding hydrogens is 398 g/mol. The molecule has 0 aromatic heterocycles. The molecule has 2 atom stereocenters. The molecule has 2 heterocycles. The molecule has 0 saturated carbocycles. The van der Waals surface area contributed by atoms with E-state index in [0.717, 1.165) is 0 Å². The highest BCUT2D eigenvalue weighted by molar-refractivity contribution is 8.15. The van der Waals surface area contributed by atoms with Crippen molar-refractivity contribution >= 4 is 34.5 Å². The van der Waals surface area contributed by atoms with Gasteiger partial charge in [-0.05, 0) is 19.4 Å². The minimum atomic E-state index is -0.976. The molecule has 10 heteroatoms. The lowest BCUT2D eigenvalue weighted by molar-refractivity contribution is -0.385. The number of para-hydroxylation sites is 1. The van der Waals surface area contributed by atoms with Gasteiger partial charge in [-0.3, -0.25) is 19.8 Å². The Kier molecular flexibility index (Phi) is 6.33. The van der Waals surface area contributed by atoms with E-state index in [9.17, 15) is 19.7 Å². The molecule has 0 bridgehead atoms. The Morgan fingerprint density at radius 2 is 2.07 bits per heavy atom. The summed E-state index contributed by atoms with van der Waals surface area (Å²) >= 11 is 1.30. The van der Waals surface area contributed by atoms with E-state index in [4.69, 9.17) is 9.47 Å². The lowest BCUT2D eigenvalue weighted by Crippen LogP contribution is -2.41. The minimum Gasteiger partial charge on any atom is -0.460 e. The normalized spacial score (nSPS) is 21.1. The number of aliphatic imine (C=N–C) groups is 1. The average Bonchev–Trinajstić information content (AvgIpc) is 3.02. The van der Waals surface area contributed by atoms with Crippen LogP contribution in [-0.2, 0) is 19.1 Å². The third-order valence-electron chi connectivity index (χ3n) is 4.69. The molecule has 9 nitrogen and oxygen atoms in total. The van der Waals surface area contributed by atoms with Gasteiger partial charge < -0.3 is 9.47 Å². The van der Waals surface area contributed by atoms with Crippen LogP contribution >= 0.6 is 11.8 Å². The molecule has 0 N–H and O–H groups in total. The van der Waals surface area contributed by atoms with Gasteiger partial charge in [0, 0.05) is 13.2 Å². The Morgan fingerprint density at radius 1 is 1.34 bits per heavy atom. The molecule has 1 fully saturated rings. The van der Waals surface area contributed by atoms with Gasteiger partial charge in [0.25, 0.3) is 5.69 Å². The third kappa shape index (κ3) is 3.90. The number of thioether (sulfide) groups is 1. The van der Waals surface area contributed by atoms with Crippen LogP contribution in [0.1, 0.15) is 31.9 Å². The number of esters is 1. The van der Waals surface area contributed by atoms with Crippen molar-refractivity contribution in [2.24, 2.45) is 4.99 Å². The lowest BCUT2D eigenvalue weighted by Gasteiger charge is -2.32. The first kappa shape index (κ1) is 21.0. The number of methoxy groups -OCH3 is 1. The highest BCUT2D eigenvalue weighted by atomic mass is 32.2. The summed E-state index contributed by atoms with van der Waals surface area (Å²) in [5, 5.41) is 11.7. The quantitative estimate of drug-likeness (QED) is 0.289. The van der Waals surface area contributed by atoms with Crippen molar-refractivity contribution in [3.63, 3.8) is 0 Å². The fourth-order valence-corrected chi connectivity index (χ4v) is 4.46. The molecule has 0 spiro atoms. The molecule has 2 aliphatic rings. The number of nitro benzene ring substituents is 1. The van der Waals surface area contributed by atoms with Gasteiger partial charge in [-0.15, -0.1) is 0 Å². The second-order valence-corrected chi connectivity index (χ2v) is 7.63. The van der Waals surface area contributed by atoms with Crippen LogP contribution in [-0.4, -0.2) is 52.4 Å². The van der Waals surface area contributed by atoms with Gasteiger partial charge >= 0.3 is 5.97 Å². The number of hydrogen-bond acceptors (Lipinski definition) is 8. The Bertz CT molecular complexity index is 913. The van der Waals surface area contributed by atoms with E-state index in [1.807, 2.05) is 6.92 Å². The maximum absolute atomic E-state index is 13.0. The molecule has 29 heavy (non-hydrogen) atoms. The van der Waals surface area contributed by atoms with E-state index in [1.165, 1.54) is 29.8 Å². The zero-order valence-electron chi connectivity index (χ0n) is 16.3. The summed E-state index contributed by atoms with van der Waals surface area (Å²) in [5.74, 6) is -0.905. The number of amidine groups is 1. The molecule has 2 unspecified atom stereocenters. The SMILES string of the molecule is CCC1SC2=NC(C)=C(C(=O)OCCOC)C(c3ccccc3[N+](=O)[O-])N2C1=O. The first-order chi connectivity index (χ1) is 13.9. The number of ether oxygens (including phenoxy) is 2. The average molecular weight is 419 g/mol. The fraction of sp³-hybridized carbons (Fsp3) is 0.421. The van der Waals surface area contributed by atoms with E-state index in [2.05, 4.69) is 4.99 Å². The van der Waals surface area contributed by atoms with Crippen molar-refractivity contribution < 1.29 is 24.0 Å². The third-order valence-corrected chi connectivity index (χ3v) is 6.01. The monoisotopic (exact) mass is 419 g/mol. The summed E-state index contributed by atoms with van der Waals surface area (Å²) < 4.78 is 10.2. The van der Waals surface area contributed by atoms with Crippen LogP contribution in [0.4, 0.5) is 5.69 Å². The van der Waals surface area contributed by atoms with Crippen LogP contribution < -0.4 is 0 Å². The highest BCUT2D eigenvalue weighted by Gasteiger charge is 2.48. The number of allylic oxidation sites excluding steroid dienone is 1. The molecule has 2 aliphatic heterocycles.